The Bertz CT molecular complexity index is 1070. The van der Waals surface area contributed by atoms with Crippen molar-refractivity contribution in [2.45, 2.75) is 16.6 Å². The van der Waals surface area contributed by atoms with E-state index in [9.17, 15) is 9.59 Å². The smallest absolute Gasteiger partial charge is 0.252 e. The van der Waals surface area contributed by atoms with Gasteiger partial charge in [0.15, 0.2) is 9.88 Å². The quantitative estimate of drug-likeness (QED) is 0.541. The van der Waals surface area contributed by atoms with Gasteiger partial charge in [-0.15, -0.1) is 11.3 Å². The van der Waals surface area contributed by atoms with Gasteiger partial charge in [0.25, 0.3) is 11.8 Å². The lowest BCUT2D eigenvalue weighted by molar-refractivity contribution is -0.128. The van der Waals surface area contributed by atoms with Gasteiger partial charge in [0, 0.05) is 27.4 Å². The zero-order chi connectivity index (χ0) is 19.9. The summed E-state index contributed by atoms with van der Waals surface area (Å²) in [4.78, 5) is 32.9. The van der Waals surface area contributed by atoms with E-state index >= 15 is 0 Å². The molecule has 142 valence electrons. The Kier molecular flexibility index (Phi) is 5.03. The van der Waals surface area contributed by atoms with Crippen molar-refractivity contribution in [2.24, 2.45) is 0 Å². The SMILES string of the molecule is CN1C(=O)C(C)(C(=O)Nc2nc(-c3ccc(Br)cc3)cs2)Sc2ccccc21. The number of amides is 2. The monoisotopic (exact) mass is 473 g/mol. The van der Waals surface area contributed by atoms with Crippen molar-refractivity contribution in [1.82, 2.24) is 4.98 Å². The van der Waals surface area contributed by atoms with Crippen molar-refractivity contribution in [1.29, 1.82) is 0 Å². The molecule has 4 rings (SSSR count). The summed E-state index contributed by atoms with van der Waals surface area (Å²) in [5.41, 5.74) is 2.56. The second kappa shape index (κ2) is 7.35. The van der Waals surface area contributed by atoms with E-state index in [0.29, 0.717) is 5.13 Å². The molecule has 1 aromatic heterocycles. The molecular formula is C20H16BrN3O2S2. The first kappa shape index (κ1) is 19.2. The van der Waals surface area contributed by atoms with Crippen LogP contribution in [0.25, 0.3) is 11.3 Å². The third-order valence-electron chi connectivity index (χ3n) is 4.55. The number of carbonyl (C=O) groups is 2. The predicted octanol–water partition coefficient (Wildman–Crippen LogP) is 5.04. The van der Waals surface area contributed by atoms with Crippen molar-refractivity contribution in [3.63, 3.8) is 0 Å². The van der Waals surface area contributed by atoms with E-state index in [0.717, 1.165) is 26.3 Å². The van der Waals surface area contributed by atoms with Gasteiger partial charge in [-0.3, -0.25) is 9.59 Å². The molecule has 1 aliphatic heterocycles. The normalized spacial score (nSPS) is 18.7. The van der Waals surface area contributed by atoms with Crippen molar-refractivity contribution in [3.8, 4) is 11.3 Å². The number of hydrogen-bond donors (Lipinski definition) is 1. The molecule has 0 radical (unpaired) electrons. The maximum absolute atomic E-state index is 13.0. The highest BCUT2D eigenvalue weighted by molar-refractivity contribution is 9.10. The molecule has 0 fully saturated rings. The average molecular weight is 474 g/mol. The molecule has 1 aliphatic rings. The molecule has 1 N–H and O–H groups in total. The molecule has 28 heavy (non-hydrogen) atoms. The lowest BCUT2D eigenvalue weighted by Gasteiger charge is -2.36. The van der Waals surface area contributed by atoms with Gasteiger partial charge in [0.2, 0.25) is 0 Å². The van der Waals surface area contributed by atoms with Crippen LogP contribution in [0.15, 0.2) is 63.3 Å². The van der Waals surface area contributed by atoms with Crippen LogP contribution in [0.4, 0.5) is 10.8 Å². The molecule has 2 heterocycles. The van der Waals surface area contributed by atoms with Crippen LogP contribution in [-0.4, -0.2) is 28.6 Å². The Morgan fingerprint density at radius 1 is 1.18 bits per heavy atom. The number of rotatable bonds is 3. The van der Waals surface area contributed by atoms with Crippen LogP contribution in [0.5, 0.6) is 0 Å². The van der Waals surface area contributed by atoms with E-state index < -0.39 is 4.75 Å². The topological polar surface area (TPSA) is 62.3 Å². The Morgan fingerprint density at radius 2 is 1.89 bits per heavy atom. The largest absolute Gasteiger partial charge is 0.313 e. The fourth-order valence-corrected chi connectivity index (χ4v) is 5.20. The predicted molar refractivity (Wildman–Crippen MR) is 118 cm³/mol. The molecule has 3 aromatic rings. The summed E-state index contributed by atoms with van der Waals surface area (Å²) < 4.78 is -0.266. The second-order valence-electron chi connectivity index (χ2n) is 6.47. The van der Waals surface area contributed by atoms with Crippen LogP contribution in [0, 0.1) is 0 Å². The van der Waals surface area contributed by atoms with Gasteiger partial charge in [-0.05, 0) is 31.2 Å². The summed E-state index contributed by atoms with van der Waals surface area (Å²) in [6.07, 6.45) is 0. The first-order valence-electron chi connectivity index (χ1n) is 8.47. The number of nitrogens with zero attached hydrogens (tertiary/aromatic N) is 2. The highest BCUT2D eigenvalue weighted by Crippen LogP contribution is 2.45. The number of thioether (sulfide) groups is 1. The van der Waals surface area contributed by atoms with Crippen LogP contribution in [-0.2, 0) is 9.59 Å². The standard InChI is InChI=1S/C20H16BrN3O2S2/c1-20(18(26)24(2)15-5-3-4-6-16(15)28-20)17(25)23-19-22-14(11-27-19)12-7-9-13(21)10-8-12/h3-11H,1-2H3,(H,22,23,25). The van der Waals surface area contributed by atoms with E-state index in [1.54, 1.807) is 18.9 Å². The Hall–Kier alpha value is -2.16. The van der Waals surface area contributed by atoms with Crippen LogP contribution in [0.2, 0.25) is 0 Å². The van der Waals surface area contributed by atoms with Gasteiger partial charge < -0.3 is 10.2 Å². The van der Waals surface area contributed by atoms with Crippen LogP contribution in [0.3, 0.4) is 0 Å². The van der Waals surface area contributed by atoms with E-state index in [2.05, 4.69) is 26.2 Å². The van der Waals surface area contributed by atoms with Crippen molar-refractivity contribution >= 4 is 61.7 Å². The van der Waals surface area contributed by atoms with E-state index in [-0.39, 0.29) is 11.8 Å². The lowest BCUT2D eigenvalue weighted by Crippen LogP contribution is -2.53. The maximum atomic E-state index is 13.0. The van der Waals surface area contributed by atoms with Gasteiger partial charge in [-0.2, -0.15) is 0 Å². The third kappa shape index (κ3) is 3.36. The summed E-state index contributed by atoms with van der Waals surface area (Å²) in [6.45, 7) is 1.66. The molecule has 0 bridgehead atoms. The molecule has 0 saturated carbocycles. The second-order valence-corrected chi connectivity index (χ2v) is 9.70. The molecule has 0 saturated heterocycles. The first-order valence-corrected chi connectivity index (χ1v) is 11.0. The highest BCUT2D eigenvalue weighted by atomic mass is 79.9. The number of nitrogens with one attached hydrogen (secondary N) is 1. The zero-order valence-corrected chi connectivity index (χ0v) is 18.3. The Balaban J connectivity index is 1.57. The number of halogens is 1. The van der Waals surface area contributed by atoms with Gasteiger partial charge in [0.05, 0.1) is 11.4 Å². The number of fused-ring (bicyclic) bond motifs is 1. The fraction of sp³-hybridized carbons (Fsp3) is 0.150. The van der Waals surface area contributed by atoms with E-state index in [1.807, 2.05) is 53.9 Å². The molecule has 2 amide bonds. The summed E-state index contributed by atoms with van der Waals surface area (Å²) in [7, 11) is 1.70. The van der Waals surface area contributed by atoms with E-state index in [4.69, 9.17) is 0 Å². The maximum Gasteiger partial charge on any atom is 0.252 e. The number of thiazole rings is 1. The Labute approximate surface area is 179 Å². The molecule has 2 aromatic carbocycles. The average Bonchev–Trinajstić information content (AvgIpc) is 3.15. The molecule has 1 atom stereocenters. The first-order chi connectivity index (χ1) is 13.4. The summed E-state index contributed by atoms with van der Waals surface area (Å²) in [5.74, 6) is -0.626. The zero-order valence-electron chi connectivity index (χ0n) is 15.1. The highest BCUT2D eigenvalue weighted by Gasteiger charge is 2.48. The van der Waals surface area contributed by atoms with Crippen LogP contribution in [0.1, 0.15) is 6.92 Å². The number of benzene rings is 2. The van der Waals surface area contributed by atoms with Gasteiger partial charge in [-0.1, -0.05) is 52.0 Å². The molecule has 5 nitrogen and oxygen atoms in total. The van der Waals surface area contributed by atoms with Crippen molar-refractivity contribution in [2.75, 3.05) is 17.3 Å². The van der Waals surface area contributed by atoms with Gasteiger partial charge >= 0.3 is 0 Å². The van der Waals surface area contributed by atoms with Crippen LogP contribution < -0.4 is 10.2 Å². The minimum absolute atomic E-state index is 0.251. The van der Waals surface area contributed by atoms with E-state index in [1.165, 1.54) is 23.1 Å². The lowest BCUT2D eigenvalue weighted by atomic mass is 10.1. The summed E-state index contributed by atoms with van der Waals surface area (Å²) in [6, 6.07) is 15.4. The fourth-order valence-electron chi connectivity index (χ4n) is 2.96. The summed E-state index contributed by atoms with van der Waals surface area (Å²) >= 11 is 6.02. The minimum Gasteiger partial charge on any atom is -0.313 e. The third-order valence-corrected chi connectivity index (χ3v) is 7.17. The number of carbonyl (C=O) groups excluding carboxylic acids is 2. The van der Waals surface area contributed by atoms with Crippen molar-refractivity contribution in [3.05, 3.63) is 58.4 Å². The molecule has 8 heteroatoms. The number of hydrogen-bond acceptors (Lipinski definition) is 5. The molecule has 1 unspecified atom stereocenters. The molecule has 0 spiro atoms. The Morgan fingerprint density at radius 3 is 2.64 bits per heavy atom. The number of para-hydroxylation sites is 1. The number of anilines is 2. The minimum atomic E-state index is -1.26. The van der Waals surface area contributed by atoms with Gasteiger partial charge in [0.1, 0.15) is 0 Å². The van der Waals surface area contributed by atoms with Gasteiger partial charge in [-0.25, -0.2) is 4.98 Å². The number of aromatic nitrogens is 1. The molecular weight excluding hydrogens is 458 g/mol. The van der Waals surface area contributed by atoms with Crippen LogP contribution >= 0.6 is 39.0 Å². The van der Waals surface area contributed by atoms with Crippen molar-refractivity contribution < 1.29 is 9.59 Å². The molecule has 0 aliphatic carbocycles. The summed E-state index contributed by atoms with van der Waals surface area (Å²) in [5, 5.41) is 5.19.